The molecule has 0 aromatic carbocycles. The third kappa shape index (κ3) is 3.78. The van der Waals surface area contributed by atoms with Crippen LogP contribution in [-0.4, -0.2) is 32.6 Å². The molecule has 10 heteroatoms. The predicted molar refractivity (Wildman–Crippen MR) is 83.1 cm³/mol. The standard InChI is InChI=1S/C16H17F3N4O3/c1-22(8-12-20-14(26-21-12)10-4-2-5-10)13(24)9-23-7-3-6-11(15(23)25)16(17,18)19/h3,6-7,10H,2,4-5,8-9H2,1H3. The van der Waals surface area contributed by atoms with Crippen molar-refractivity contribution in [2.45, 2.75) is 44.4 Å². The maximum Gasteiger partial charge on any atom is 0.421 e. The molecule has 7 nitrogen and oxygen atoms in total. The first-order valence-electron chi connectivity index (χ1n) is 8.09. The fourth-order valence-electron chi connectivity index (χ4n) is 2.60. The van der Waals surface area contributed by atoms with Gasteiger partial charge in [-0.3, -0.25) is 9.59 Å². The van der Waals surface area contributed by atoms with E-state index in [1.807, 2.05) is 0 Å². The number of alkyl halides is 3. The molecule has 26 heavy (non-hydrogen) atoms. The molecule has 2 heterocycles. The highest BCUT2D eigenvalue weighted by atomic mass is 19.4. The summed E-state index contributed by atoms with van der Waals surface area (Å²) in [5.74, 6) is 0.586. The zero-order valence-electron chi connectivity index (χ0n) is 14.0. The van der Waals surface area contributed by atoms with Crippen LogP contribution >= 0.6 is 0 Å². The van der Waals surface area contributed by atoms with E-state index in [1.54, 1.807) is 0 Å². The molecule has 0 spiro atoms. The Kier molecular flexibility index (Phi) is 4.84. The van der Waals surface area contributed by atoms with E-state index in [0.29, 0.717) is 17.8 Å². The van der Waals surface area contributed by atoms with Gasteiger partial charge in [0.05, 0.1) is 6.54 Å². The van der Waals surface area contributed by atoms with Gasteiger partial charge < -0.3 is 14.0 Å². The molecule has 0 unspecified atom stereocenters. The Hall–Kier alpha value is -2.65. The molecule has 1 aliphatic carbocycles. The highest BCUT2D eigenvalue weighted by Crippen LogP contribution is 2.35. The summed E-state index contributed by atoms with van der Waals surface area (Å²) in [5, 5.41) is 3.82. The predicted octanol–water partition coefficient (Wildman–Crippen LogP) is 2.18. The van der Waals surface area contributed by atoms with Gasteiger partial charge in [-0.05, 0) is 25.0 Å². The van der Waals surface area contributed by atoms with Gasteiger partial charge in [-0.1, -0.05) is 11.6 Å². The summed E-state index contributed by atoms with van der Waals surface area (Å²) in [6.07, 6.45) is -0.514. The normalized spacial score (nSPS) is 14.9. The van der Waals surface area contributed by atoms with Gasteiger partial charge in [-0.2, -0.15) is 18.2 Å². The van der Waals surface area contributed by atoms with Crippen molar-refractivity contribution < 1.29 is 22.5 Å². The van der Waals surface area contributed by atoms with Crippen LogP contribution in [0.4, 0.5) is 13.2 Å². The van der Waals surface area contributed by atoms with E-state index < -0.39 is 29.8 Å². The molecule has 140 valence electrons. The number of carbonyl (C=O) groups excluding carboxylic acids is 1. The Bertz CT molecular complexity index is 855. The Labute approximate surface area is 146 Å². The number of amides is 1. The van der Waals surface area contributed by atoms with Gasteiger partial charge in [-0.15, -0.1) is 0 Å². The summed E-state index contributed by atoms with van der Waals surface area (Å²) >= 11 is 0. The maximum absolute atomic E-state index is 12.8. The van der Waals surface area contributed by atoms with Crippen LogP contribution in [0.1, 0.15) is 42.5 Å². The lowest BCUT2D eigenvalue weighted by atomic mass is 9.85. The topological polar surface area (TPSA) is 81.2 Å². The summed E-state index contributed by atoms with van der Waals surface area (Å²) in [6, 6.07) is 1.77. The van der Waals surface area contributed by atoms with Crippen molar-refractivity contribution in [3.05, 3.63) is 46.0 Å². The van der Waals surface area contributed by atoms with Crippen LogP contribution in [0.15, 0.2) is 27.6 Å². The first-order chi connectivity index (χ1) is 12.3. The lowest BCUT2D eigenvalue weighted by Gasteiger charge is -2.20. The average molecular weight is 370 g/mol. The molecule has 2 aromatic rings. The third-order valence-electron chi connectivity index (χ3n) is 4.37. The summed E-state index contributed by atoms with van der Waals surface area (Å²) in [7, 11) is 1.46. The van der Waals surface area contributed by atoms with Crippen molar-refractivity contribution in [3.63, 3.8) is 0 Å². The van der Waals surface area contributed by atoms with E-state index in [0.717, 1.165) is 36.1 Å². The van der Waals surface area contributed by atoms with Crippen LogP contribution in [0, 0.1) is 0 Å². The fraction of sp³-hybridized carbons (Fsp3) is 0.500. The van der Waals surface area contributed by atoms with E-state index in [1.165, 1.54) is 11.9 Å². The third-order valence-corrected chi connectivity index (χ3v) is 4.37. The van der Waals surface area contributed by atoms with Crippen molar-refractivity contribution in [2.24, 2.45) is 0 Å². The molecule has 0 radical (unpaired) electrons. The SMILES string of the molecule is CN(Cc1noc(C2CCC2)n1)C(=O)Cn1cccc(C(F)(F)F)c1=O. The highest BCUT2D eigenvalue weighted by molar-refractivity contribution is 5.75. The first-order valence-corrected chi connectivity index (χ1v) is 8.09. The number of aromatic nitrogens is 3. The van der Waals surface area contributed by atoms with Crippen molar-refractivity contribution in [1.82, 2.24) is 19.6 Å². The monoisotopic (exact) mass is 370 g/mol. The van der Waals surface area contributed by atoms with Crippen LogP contribution in [0.3, 0.4) is 0 Å². The van der Waals surface area contributed by atoms with E-state index >= 15 is 0 Å². The highest BCUT2D eigenvalue weighted by Gasteiger charge is 2.34. The molecular formula is C16H17F3N4O3. The molecule has 0 N–H and O–H groups in total. The fourth-order valence-corrected chi connectivity index (χ4v) is 2.60. The second kappa shape index (κ2) is 6.93. The summed E-state index contributed by atoms with van der Waals surface area (Å²) in [6.45, 7) is -0.463. The van der Waals surface area contributed by atoms with E-state index in [4.69, 9.17) is 4.52 Å². The quantitative estimate of drug-likeness (QED) is 0.806. The van der Waals surface area contributed by atoms with Crippen molar-refractivity contribution in [2.75, 3.05) is 7.05 Å². The number of hydrogen-bond donors (Lipinski definition) is 0. The smallest absolute Gasteiger partial charge is 0.339 e. The first kappa shape index (κ1) is 18.2. The molecule has 1 saturated carbocycles. The Morgan fingerprint density at radius 2 is 2.15 bits per heavy atom. The van der Waals surface area contributed by atoms with Crippen LogP contribution in [0.25, 0.3) is 0 Å². The van der Waals surface area contributed by atoms with Crippen LogP contribution < -0.4 is 5.56 Å². The van der Waals surface area contributed by atoms with Gasteiger partial charge in [-0.25, -0.2) is 0 Å². The Morgan fingerprint density at radius 3 is 2.77 bits per heavy atom. The second-order valence-corrected chi connectivity index (χ2v) is 6.28. The second-order valence-electron chi connectivity index (χ2n) is 6.28. The zero-order chi connectivity index (χ0) is 18.9. The molecular weight excluding hydrogens is 353 g/mol. The summed E-state index contributed by atoms with van der Waals surface area (Å²) < 4.78 is 44.2. The molecule has 1 amide bonds. The van der Waals surface area contributed by atoms with E-state index in [-0.39, 0.29) is 12.5 Å². The minimum atomic E-state index is -4.77. The Morgan fingerprint density at radius 1 is 1.42 bits per heavy atom. The Balaban J connectivity index is 1.66. The van der Waals surface area contributed by atoms with Crippen molar-refractivity contribution >= 4 is 5.91 Å². The molecule has 1 aliphatic rings. The number of carbonyl (C=O) groups is 1. The van der Waals surface area contributed by atoms with Gasteiger partial charge in [0.1, 0.15) is 12.1 Å². The van der Waals surface area contributed by atoms with Gasteiger partial charge in [0, 0.05) is 19.2 Å². The number of pyridine rings is 1. The molecule has 1 fully saturated rings. The molecule has 3 rings (SSSR count). The van der Waals surface area contributed by atoms with Gasteiger partial charge in [0.25, 0.3) is 5.56 Å². The molecule has 0 aliphatic heterocycles. The van der Waals surface area contributed by atoms with Gasteiger partial charge in [0.2, 0.25) is 11.8 Å². The maximum atomic E-state index is 12.8. The van der Waals surface area contributed by atoms with E-state index in [9.17, 15) is 22.8 Å². The van der Waals surface area contributed by atoms with Crippen molar-refractivity contribution in [3.8, 4) is 0 Å². The number of rotatable bonds is 5. The van der Waals surface area contributed by atoms with Crippen LogP contribution in [0.5, 0.6) is 0 Å². The average Bonchev–Trinajstić information content (AvgIpc) is 2.94. The van der Waals surface area contributed by atoms with Crippen LogP contribution in [0.2, 0.25) is 0 Å². The van der Waals surface area contributed by atoms with Gasteiger partial charge in [0.15, 0.2) is 5.82 Å². The minimum absolute atomic E-state index is 0.0444. The summed E-state index contributed by atoms with van der Waals surface area (Å²) in [5.41, 5.74) is -2.56. The molecule has 0 bridgehead atoms. The molecule has 2 aromatic heterocycles. The molecule has 0 saturated heterocycles. The lowest BCUT2D eigenvalue weighted by Crippen LogP contribution is -2.35. The minimum Gasteiger partial charge on any atom is -0.339 e. The lowest BCUT2D eigenvalue weighted by molar-refractivity contribution is -0.139. The van der Waals surface area contributed by atoms with Crippen LogP contribution in [-0.2, 0) is 24.1 Å². The van der Waals surface area contributed by atoms with Crippen molar-refractivity contribution in [1.29, 1.82) is 0 Å². The zero-order valence-corrected chi connectivity index (χ0v) is 14.0. The molecule has 0 atom stereocenters. The number of halogens is 3. The van der Waals surface area contributed by atoms with E-state index in [2.05, 4.69) is 10.1 Å². The number of likely N-dealkylation sites (N-methyl/N-ethyl adjacent to an activating group) is 1. The summed E-state index contributed by atoms with van der Waals surface area (Å²) in [4.78, 5) is 29.6. The number of hydrogen-bond acceptors (Lipinski definition) is 5. The number of nitrogens with zero attached hydrogens (tertiary/aromatic N) is 4. The van der Waals surface area contributed by atoms with Gasteiger partial charge >= 0.3 is 6.18 Å². The largest absolute Gasteiger partial charge is 0.421 e.